The molecule has 21 heavy (non-hydrogen) atoms. The molecule has 0 heterocycles. The van der Waals surface area contributed by atoms with Crippen molar-refractivity contribution in [3.05, 3.63) is 57.8 Å². The first kappa shape index (κ1) is 15.8. The summed E-state index contributed by atoms with van der Waals surface area (Å²) in [7, 11) is 1.60. The lowest BCUT2D eigenvalue weighted by Crippen LogP contribution is -2.00. The fourth-order valence-electron chi connectivity index (χ4n) is 1.89. The molecule has 5 heteroatoms. The van der Waals surface area contributed by atoms with Crippen LogP contribution in [0.2, 0.25) is 0 Å². The van der Waals surface area contributed by atoms with Crippen molar-refractivity contribution in [2.75, 3.05) is 7.11 Å². The molecule has 0 fully saturated rings. The molecule has 0 saturated heterocycles. The topological polar surface area (TPSA) is 38.7 Å². The standard InChI is InChI=1S/C16H16BrFO3/c1-10(19)14-5-3-13(8-16(14)18)21-9-11-7-12(20-2)4-6-15(11)17/h3-8,10,19H,9H2,1-2H3/t10-/m1/s1. The highest BCUT2D eigenvalue weighted by atomic mass is 79.9. The van der Waals surface area contributed by atoms with Crippen molar-refractivity contribution in [1.82, 2.24) is 0 Å². The van der Waals surface area contributed by atoms with Crippen molar-refractivity contribution in [2.45, 2.75) is 19.6 Å². The molecule has 0 radical (unpaired) electrons. The second-order valence-electron chi connectivity index (χ2n) is 4.61. The lowest BCUT2D eigenvalue weighted by molar-refractivity contribution is 0.194. The van der Waals surface area contributed by atoms with Crippen LogP contribution >= 0.6 is 15.9 Å². The number of ether oxygens (including phenoxy) is 2. The van der Waals surface area contributed by atoms with E-state index < -0.39 is 11.9 Å². The molecule has 0 aromatic heterocycles. The minimum atomic E-state index is -0.841. The van der Waals surface area contributed by atoms with E-state index in [1.807, 2.05) is 18.2 Å². The van der Waals surface area contributed by atoms with Gasteiger partial charge in [-0.3, -0.25) is 0 Å². The van der Waals surface area contributed by atoms with E-state index >= 15 is 0 Å². The lowest BCUT2D eigenvalue weighted by Gasteiger charge is -2.11. The predicted molar refractivity (Wildman–Crippen MR) is 82.1 cm³/mol. The van der Waals surface area contributed by atoms with E-state index in [0.717, 1.165) is 15.8 Å². The van der Waals surface area contributed by atoms with Crippen molar-refractivity contribution in [3.63, 3.8) is 0 Å². The molecule has 2 aromatic carbocycles. The molecule has 0 aliphatic carbocycles. The van der Waals surface area contributed by atoms with Gasteiger partial charge in [-0.1, -0.05) is 15.9 Å². The zero-order valence-corrected chi connectivity index (χ0v) is 13.4. The van der Waals surface area contributed by atoms with E-state index in [0.29, 0.717) is 5.75 Å². The Labute approximate surface area is 131 Å². The summed E-state index contributed by atoms with van der Waals surface area (Å²) in [6, 6.07) is 10.00. The van der Waals surface area contributed by atoms with Gasteiger partial charge >= 0.3 is 0 Å². The Bertz CT molecular complexity index is 629. The summed E-state index contributed by atoms with van der Waals surface area (Å²) in [6.07, 6.45) is -0.841. The molecule has 1 N–H and O–H groups in total. The van der Waals surface area contributed by atoms with Gasteiger partial charge in [0.1, 0.15) is 23.9 Å². The Balaban J connectivity index is 2.11. The van der Waals surface area contributed by atoms with Crippen LogP contribution in [0.1, 0.15) is 24.2 Å². The lowest BCUT2D eigenvalue weighted by atomic mass is 10.1. The van der Waals surface area contributed by atoms with Gasteiger partial charge in [0, 0.05) is 21.7 Å². The van der Waals surface area contributed by atoms with Crippen LogP contribution in [0, 0.1) is 5.82 Å². The van der Waals surface area contributed by atoms with Crippen LogP contribution in [0.3, 0.4) is 0 Å². The van der Waals surface area contributed by atoms with E-state index in [4.69, 9.17) is 9.47 Å². The highest BCUT2D eigenvalue weighted by Crippen LogP contribution is 2.26. The number of hydrogen-bond acceptors (Lipinski definition) is 3. The van der Waals surface area contributed by atoms with Gasteiger partial charge in [0.15, 0.2) is 0 Å². The van der Waals surface area contributed by atoms with Crippen LogP contribution < -0.4 is 9.47 Å². The van der Waals surface area contributed by atoms with Crippen molar-refractivity contribution in [3.8, 4) is 11.5 Å². The highest BCUT2D eigenvalue weighted by molar-refractivity contribution is 9.10. The maximum atomic E-state index is 13.8. The molecule has 0 bridgehead atoms. The van der Waals surface area contributed by atoms with Crippen LogP contribution in [-0.2, 0) is 6.61 Å². The Hall–Kier alpha value is -1.59. The Morgan fingerprint density at radius 3 is 2.52 bits per heavy atom. The smallest absolute Gasteiger partial charge is 0.132 e. The van der Waals surface area contributed by atoms with E-state index in [1.54, 1.807) is 13.2 Å². The van der Waals surface area contributed by atoms with Crippen molar-refractivity contribution >= 4 is 15.9 Å². The van der Waals surface area contributed by atoms with Crippen LogP contribution in [0.4, 0.5) is 4.39 Å². The summed E-state index contributed by atoms with van der Waals surface area (Å²) < 4.78 is 25.4. The van der Waals surface area contributed by atoms with E-state index in [-0.39, 0.29) is 12.2 Å². The van der Waals surface area contributed by atoms with Crippen LogP contribution in [0.25, 0.3) is 0 Å². The third kappa shape index (κ3) is 3.95. The average Bonchev–Trinajstić information content (AvgIpc) is 2.46. The molecule has 1 atom stereocenters. The monoisotopic (exact) mass is 354 g/mol. The van der Waals surface area contributed by atoms with Gasteiger partial charge in [0.25, 0.3) is 0 Å². The number of halogens is 2. The molecule has 0 spiro atoms. The first-order chi connectivity index (χ1) is 10.0. The second kappa shape index (κ2) is 6.91. The van der Waals surface area contributed by atoms with Gasteiger partial charge in [-0.2, -0.15) is 0 Å². The molecule has 3 nitrogen and oxygen atoms in total. The summed E-state index contributed by atoms with van der Waals surface area (Å²) in [5.74, 6) is 0.659. The molecule has 0 aliphatic rings. The summed E-state index contributed by atoms with van der Waals surface area (Å²) in [6.45, 7) is 1.80. The molecule has 112 valence electrons. The van der Waals surface area contributed by atoms with Crippen LogP contribution in [0.15, 0.2) is 40.9 Å². The SMILES string of the molecule is COc1ccc(Br)c(COc2ccc([C@@H](C)O)c(F)c2)c1. The molecule has 2 aromatic rings. The van der Waals surface area contributed by atoms with Crippen LogP contribution in [-0.4, -0.2) is 12.2 Å². The van der Waals surface area contributed by atoms with Gasteiger partial charge < -0.3 is 14.6 Å². The van der Waals surface area contributed by atoms with Gasteiger partial charge in [-0.15, -0.1) is 0 Å². The molecule has 0 amide bonds. The fraction of sp³-hybridized carbons (Fsp3) is 0.250. The second-order valence-corrected chi connectivity index (χ2v) is 5.46. The number of aliphatic hydroxyl groups excluding tert-OH is 1. The largest absolute Gasteiger partial charge is 0.497 e. The van der Waals surface area contributed by atoms with Crippen molar-refractivity contribution < 1.29 is 19.0 Å². The molecule has 0 unspecified atom stereocenters. The van der Waals surface area contributed by atoms with Gasteiger partial charge in [0.2, 0.25) is 0 Å². The summed E-state index contributed by atoms with van der Waals surface area (Å²) in [5, 5.41) is 9.40. The number of rotatable bonds is 5. The van der Waals surface area contributed by atoms with Crippen molar-refractivity contribution in [1.29, 1.82) is 0 Å². The minimum absolute atomic E-state index is 0.255. The van der Waals surface area contributed by atoms with E-state index in [9.17, 15) is 9.50 Å². The summed E-state index contributed by atoms with van der Waals surface area (Å²) in [4.78, 5) is 0. The Morgan fingerprint density at radius 2 is 1.90 bits per heavy atom. The quantitative estimate of drug-likeness (QED) is 0.873. The van der Waals surface area contributed by atoms with E-state index in [1.165, 1.54) is 19.1 Å². The average molecular weight is 355 g/mol. The molecule has 0 aliphatic heterocycles. The number of benzene rings is 2. The Kier molecular flexibility index (Phi) is 5.20. The predicted octanol–water partition coefficient (Wildman–Crippen LogP) is 4.23. The summed E-state index contributed by atoms with van der Waals surface area (Å²) >= 11 is 3.44. The minimum Gasteiger partial charge on any atom is -0.497 e. The number of methoxy groups -OCH3 is 1. The maximum Gasteiger partial charge on any atom is 0.132 e. The third-order valence-electron chi connectivity index (χ3n) is 3.07. The summed E-state index contributed by atoms with van der Waals surface area (Å²) in [5.41, 5.74) is 1.15. The van der Waals surface area contributed by atoms with Crippen LogP contribution in [0.5, 0.6) is 11.5 Å². The van der Waals surface area contributed by atoms with Gasteiger partial charge in [0.05, 0.1) is 13.2 Å². The molecular weight excluding hydrogens is 339 g/mol. The molecular formula is C16H16BrFO3. The zero-order chi connectivity index (χ0) is 15.4. The maximum absolute atomic E-state index is 13.8. The third-order valence-corrected chi connectivity index (χ3v) is 3.84. The normalized spacial score (nSPS) is 12.0. The Morgan fingerprint density at radius 1 is 1.19 bits per heavy atom. The fourth-order valence-corrected chi connectivity index (χ4v) is 2.25. The molecule has 2 rings (SSSR count). The molecule has 0 saturated carbocycles. The highest BCUT2D eigenvalue weighted by Gasteiger charge is 2.10. The zero-order valence-electron chi connectivity index (χ0n) is 11.8. The van der Waals surface area contributed by atoms with Gasteiger partial charge in [-0.05, 0) is 37.3 Å². The van der Waals surface area contributed by atoms with Gasteiger partial charge in [-0.25, -0.2) is 4.39 Å². The first-order valence-electron chi connectivity index (χ1n) is 6.44. The number of hydrogen-bond donors (Lipinski definition) is 1. The van der Waals surface area contributed by atoms with Crippen molar-refractivity contribution in [2.24, 2.45) is 0 Å². The van der Waals surface area contributed by atoms with E-state index in [2.05, 4.69) is 15.9 Å². The number of aliphatic hydroxyl groups is 1. The first-order valence-corrected chi connectivity index (χ1v) is 7.23.